The van der Waals surface area contributed by atoms with Crippen molar-refractivity contribution in [3.05, 3.63) is 30.0 Å². The zero-order chi connectivity index (χ0) is 18.7. The summed E-state index contributed by atoms with van der Waals surface area (Å²) < 4.78 is 1.89. The molecule has 1 heterocycles. The van der Waals surface area contributed by atoms with Crippen LogP contribution >= 0.6 is 0 Å². The van der Waals surface area contributed by atoms with Crippen LogP contribution in [0.25, 0.3) is 10.9 Å². The number of nitrogens with zero attached hydrogens (tertiary/aromatic N) is 2. The molecule has 1 aromatic carbocycles. The van der Waals surface area contributed by atoms with E-state index in [1.54, 1.807) is 0 Å². The first-order valence-corrected chi connectivity index (χ1v) is 9.21. The van der Waals surface area contributed by atoms with E-state index in [2.05, 4.69) is 10.4 Å². The number of para-hydroxylation sites is 1. The number of nitrogens with one attached hydrogen (secondary N) is 1. The normalized spacial score (nSPS) is 17.8. The van der Waals surface area contributed by atoms with Gasteiger partial charge in [0, 0.05) is 11.9 Å². The molecule has 0 spiro atoms. The first-order chi connectivity index (χ1) is 12.5. The van der Waals surface area contributed by atoms with Gasteiger partial charge in [-0.3, -0.25) is 14.3 Å². The van der Waals surface area contributed by atoms with E-state index >= 15 is 0 Å². The number of carbonyl (C=O) groups excluding carboxylic acids is 2. The van der Waals surface area contributed by atoms with Gasteiger partial charge < -0.3 is 16.2 Å². The van der Waals surface area contributed by atoms with Crippen LogP contribution in [0.15, 0.2) is 24.3 Å². The summed E-state index contributed by atoms with van der Waals surface area (Å²) in [7, 11) is 0. The van der Waals surface area contributed by atoms with Gasteiger partial charge in [-0.25, -0.2) is 0 Å². The molecule has 0 saturated heterocycles. The number of aromatic nitrogens is 2. The van der Waals surface area contributed by atoms with E-state index in [4.69, 9.17) is 5.73 Å². The van der Waals surface area contributed by atoms with Crippen molar-refractivity contribution in [3.8, 4) is 0 Å². The molecule has 26 heavy (non-hydrogen) atoms. The topological polar surface area (TPSA) is 110 Å². The number of aliphatic hydroxyl groups excluding tert-OH is 1. The molecule has 3 rings (SSSR count). The molecule has 1 aliphatic carbocycles. The average molecular weight is 358 g/mol. The lowest BCUT2D eigenvalue weighted by Crippen LogP contribution is -2.50. The zero-order valence-electron chi connectivity index (χ0n) is 15.0. The van der Waals surface area contributed by atoms with Crippen molar-refractivity contribution < 1.29 is 14.7 Å². The fraction of sp³-hybridized carbons (Fsp3) is 0.526. The Bertz CT molecular complexity index is 793. The Kier molecular flexibility index (Phi) is 5.56. The van der Waals surface area contributed by atoms with Gasteiger partial charge >= 0.3 is 0 Å². The third-order valence-electron chi connectivity index (χ3n) is 5.10. The molecular weight excluding hydrogens is 332 g/mol. The van der Waals surface area contributed by atoms with Crippen molar-refractivity contribution in [1.29, 1.82) is 0 Å². The number of hydrogen-bond acceptors (Lipinski definition) is 4. The molecule has 140 valence electrons. The number of fused-ring (bicyclic) bond motifs is 1. The third kappa shape index (κ3) is 3.88. The molecule has 2 atom stereocenters. The second-order valence-electron chi connectivity index (χ2n) is 7.15. The van der Waals surface area contributed by atoms with E-state index in [0.717, 1.165) is 17.4 Å². The molecule has 1 saturated carbocycles. The fourth-order valence-electron chi connectivity index (χ4n) is 3.69. The molecule has 0 bridgehead atoms. The van der Waals surface area contributed by atoms with Crippen LogP contribution in [-0.2, 0) is 11.3 Å². The van der Waals surface area contributed by atoms with E-state index in [1.807, 2.05) is 28.9 Å². The first kappa shape index (κ1) is 18.4. The smallest absolute Gasteiger partial charge is 0.273 e. The molecule has 1 aromatic heterocycles. The summed E-state index contributed by atoms with van der Waals surface area (Å²) in [4.78, 5) is 24.1. The standard InChI is InChI=1S/C19H26N4O3/c1-12(24)16(18(20)25)21-19(26)17-14-9-5-6-10-15(14)23(22-17)11-13-7-3-2-4-8-13/h5-6,9-10,12-13,16,24H,2-4,7-8,11H2,1H3,(H2,20,25)(H,21,26)/t12-,16+/m1/s1. The summed E-state index contributed by atoms with van der Waals surface area (Å²) in [6.45, 7) is 2.19. The van der Waals surface area contributed by atoms with Crippen LogP contribution in [0.2, 0.25) is 0 Å². The van der Waals surface area contributed by atoms with Crippen molar-refractivity contribution in [2.45, 2.75) is 57.7 Å². The van der Waals surface area contributed by atoms with Gasteiger partial charge in [-0.2, -0.15) is 5.10 Å². The fourth-order valence-corrected chi connectivity index (χ4v) is 3.69. The number of nitrogens with two attached hydrogens (primary N) is 1. The Labute approximate surface area is 152 Å². The molecular formula is C19H26N4O3. The van der Waals surface area contributed by atoms with Gasteiger partial charge in [0.2, 0.25) is 5.91 Å². The zero-order valence-corrected chi connectivity index (χ0v) is 15.0. The number of carbonyl (C=O) groups is 2. The lowest BCUT2D eigenvalue weighted by atomic mass is 9.89. The first-order valence-electron chi connectivity index (χ1n) is 9.21. The van der Waals surface area contributed by atoms with Crippen LogP contribution in [0.5, 0.6) is 0 Å². The van der Waals surface area contributed by atoms with Crippen LogP contribution in [-0.4, -0.2) is 38.8 Å². The second kappa shape index (κ2) is 7.86. The van der Waals surface area contributed by atoms with Gasteiger partial charge in [-0.1, -0.05) is 37.5 Å². The third-order valence-corrected chi connectivity index (χ3v) is 5.10. The van der Waals surface area contributed by atoms with E-state index in [1.165, 1.54) is 39.0 Å². The maximum absolute atomic E-state index is 12.7. The highest BCUT2D eigenvalue weighted by Gasteiger charge is 2.26. The highest BCUT2D eigenvalue weighted by molar-refractivity contribution is 6.06. The van der Waals surface area contributed by atoms with Crippen LogP contribution in [0.3, 0.4) is 0 Å². The van der Waals surface area contributed by atoms with E-state index in [0.29, 0.717) is 5.92 Å². The average Bonchev–Trinajstić information content (AvgIpc) is 2.99. The highest BCUT2D eigenvalue weighted by atomic mass is 16.3. The number of aliphatic hydroxyl groups is 1. The SMILES string of the molecule is C[C@@H](O)[C@H](NC(=O)c1nn(CC2CCCCC2)c2ccccc12)C(N)=O. The Morgan fingerprint density at radius 1 is 1.31 bits per heavy atom. The van der Waals surface area contributed by atoms with Gasteiger partial charge in [0.05, 0.1) is 11.6 Å². The molecule has 2 aromatic rings. The lowest BCUT2D eigenvalue weighted by Gasteiger charge is -2.21. The summed E-state index contributed by atoms with van der Waals surface area (Å²) in [5.74, 6) is -0.716. The molecule has 0 aliphatic heterocycles. The van der Waals surface area contributed by atoms with Gasteiger partial charge in [0.25, 0.3) is 5.91 Å². The van der Waals surface area contributed by atoms with Crippen molar-refractivity contribution in [2.24, 2.45) is 11.7 Å². The molecule has 0 radical (unpaired) electrons. The molecule has 2 amide bonds. The van der Waals surface area contributed by atoms with Gasteiger partial charge in [-0.05, 0) is 31.7 Å². The van der Waals surface area contributed by atoms with Gasteiger partial charge in [0.1, 0.15) is 6.04 Å². The molecule has 0 unspecified atom stereocenters. The highest BCUT2D eigenvalue weighted by Crippen LogP contribution is 2.27. The predicted octanol–water partition coefficient (Wildman–Crippen LogP) is 1.58. The van der Waals surface area contributed by atoms with Crippen molar-refractivity contribution >= 4 is 22.7 Å². The monoisotopic (exact) mass is 358 g/mol. The summed E-state index contributed by atoms with van der Waals surface area (Å²) >= 11 is 0. The maximum atomic E-state index is 12.7. The number of primary amides is 1. The molecule has 1 aliphatic rings. The molecule has 1 fully saturated rings. The summed E-state index contributed by atoms with van der Waals surface area (Å²) in [5.41, 5.74) is 6.42. The lowest BCUT2D eigenvalue weighted by molar-refractivity contribution is -0.122. The minimum absolute atomic E-state index is 0.253. The van der Waals surface area contributed by atoms with Crippen molar-refractivity contribution in [2.75, 3.05) is 0 Å². The van der Waals surface area contributed by atoms with Crippen molar-refractivity contribution in [1.82, 2.24) is 15.1 Å². The molecule has 7 heteroatoms. The van der Waals surface area contributed by atoms with E-state index in [9.17, 15) is 14.7 Å². The summed E-state index contributed by atoms with van der Waals surface area (Å²) in [5, 5.41) is 17.4. The van der Waals surface area contributed by atoms with E-state index in [-0.39, 0.29) is 5.69 Å². The Hall–Kier alpha value is -2.41. The van der Waals surface area contributed by atoms with Gasteiger partial charge in [-0.15, -0.1) is 0 Å². The van der Waals surface area contributed by atoms with Crippen LogP contribution in [0, 0.1) is 5.92 Å². The maximum Gasteiger partial charge on any atom is 0.273 e. The molecule has 7 nitrogen and oxygen atoms in total. The number of benzene rings is 1. The van der Waals surface area contributed by atoms with E-state index < -0.39 is 24.0 Å². The summed E-state index contributed by atoms with van der Waals surface area (Å²) in [6.07, 6.45) is 5.06. The molecule has 4 N–H and O–H groups in total. The van der Waals surface area contributed by atoms with Crippen LogP contribution < -0.4 is 11.1 Å². The number of rotatable bonds is 6. The van der Waals surface area contributed by atoms with Crippen molar-refractivity contribution in [3.63, 3.8) is 0 Å². The quantitative estimate of drug-likeness (QED) is 0.728. The Balaban J connectivity index is 1.88. The van der Waals surface area contributed by atoms with Gasteiger partial charge in [0.15, 0.2) is 5.69 Å². The van der Waals surface area contributed by atoms with Crippen LogP contribution in [0.4, 0.5) is 0 Å². The largest absolute Gasteiger partial charge is 0.391 e. The minimum Gasteiger partial charge on any atom is -0.391 e. The minimum atomic E-state index is -1.15. The second-order valence-corrected chi connectivity index (χ2v) is 7.15. The number of hydrogen-bond donors (Lipinski definition) is 3. The Morgan fingerprint density at radius 2 is 2.00 bits per heavy atom. The summed E-state index contributed by atoms with van der Waals surface area (Å²) in [6, 6.07) is 6.42. The van der Waals surface area contributed by atoms with Crippen LogP contribution in [0.1, 0.15) is 49.5 Å². The Morgan fingerprint density at radius 3 is 2.65 bits per heavy atom. The predicted molar refractivity (Wildman–Crippen MR) is 98.4 cm³/mol. The number of amides is 2.